The first-order valence-electron chi connectivity index (χ1n) is 5.48. The molecule has 7 heteroatoms. The fraction of sp³-hybridized carbons (Fsp3) is 0.167. The fourth-order valence-electron chi connectivity index (χ4n) is 1.67. The van der Waals surface area contributed by atoms with E-state index in [1.54, 1.807) is 6.92 Å². The number of benzene rings is 1. The second kappa shape index (κ2) is 4.97. The first kappa shape index (κ1) is 12.9. The molecule has 0 spiro atoms. The third-order valence-electron chi connectivity index (χ3n) is 2.61. The number of hydrogen-bond donors (Lipinski definition) is 3. The maximum absolute atomic E-state index is 13.2. The van der Waals surface area contributed by atoms with Crippen LogP contribution in [0.25, 0.3) is 0 Å². The summed E-state index contributed by atoms with van der Waals surface area (Å²) in [5, 5.41) is 8.95. The first-order chi connectivity index (χ1) is 9.02. The summed E-state index contributed by atoms with van der Waals surface area (Å²) >= 11 is 0. The van der Waals surface area contributed by atoms with Gasteiger partial charge in [0.15, 0.2) is 17.4 Å². The average Bonchev–Trinajstić information content (AvgIpc) is 2.71. The minimum atomic E-state index is -0.500. The van der Waals surface area contributed by atoms with E-state index in [1.807, 2.05) is 0 Å². The van der Waals surface area contributed by atoms with Crippen molar-refractivity contribution in [2.75, 3.05) is 18.2 Å². The maximum atomic E-state index is 13.2. The molecule has 0 unspecified atom stereocenters. The van der Waals surface area contributed by atoms with Gasteiger partial charge in [0.2, 0.25) is 0 Å². The Kier molecular flexibility index (Phi) is 3.37. The van der Waals surface area contributed by atoms with Gasteiger partial charge in [-0.05, 0) is 19.1 Å². The summed E-state index contributed by atoms with van der Waals surface area (Å²) in [5.74, 6) is -0.754. The van der Waals surface area contributed by atoms with Gasteiger partial charge >= 0.3 is 0 Å². The SMILES string of the molecule is COc1cc(NC(=O)c2c(N)n[nH]c2C)ccc1F. The van der Waals surface area contributed by atoms with Gasteiger partial charge in [0.1, 0.15) is 5.56 Å². The molecule has 1 heterocycles. The minimum absolute atomic E-state index is 0.0506. The molecule has 1 aromatic heterocycles. The van der Waals surface area contributed by atoms with Crippen molar-refractivity contribution < 1.29 is 13.9 Å². The lowest BCUT2D eigenvalue weighted by Crippen LogP contribution is -2.14. The maximum Gasteiger partial charge on any atom is 0.261 e. The second-order valence-electron chi connectivity index (χ2n) is 3.91. The van der Waals surface area contributed by atoms with Crippen LogP contribution in [0, 0.1) is 12.7 Å². The Morgan fingerprint density at radius 2 is 2.26 bits per heavy atom. The van der Waals surface area contributed by atoms with Crippen LogP contribution in [0.1, 0.15) is 16.1 Å². The van der Waals surface area contributed by atoms with Crippen molar-refractivity contribution in [3.63, 3.8) is 0 Å². The van der Waals surface area contributed by atoms with Crippen molar-refractivity contribution in [2.45, 2.75) is 6.92 Å². The Morgan fingerprint density at radius 1 is 1.53 bits per heavy atom. The van der Waals surface area contributed by atoms with Gasteiger partial charge in [0, 0.05) is 17.4 Å². The van der Waals surface area contributed by atoms with E-state index in [1.165, 1.54) is 25.3 Å². The number of methoxy groups -OCH3 is 1. The summed E-state index contributed by atoms with van der Waals surface area (Å²) in [6.07, 6.45) is 0. The molecule has 2 aromatic rings. The lowest BCUT2D eigenvalue weighted by atomic mass is 10.2. The van der Waals surface area contributed by atoms with Gasteiger partial charge < -0.3 is 15.8 Å². The molecule has 0 aliphatic heterocycles. The zero-order valence-electron chi connectivity index (χ0n) is 10.5. The highest BCUT2D eigenvalue weighted by Gasteiger charge is 2.16. The molecule has 0 atom stereocenters. The number of carbonyl (C=O) groups excluding carboxylic acids is 1. The van der Waals surface area contributed by atoms with E-state index in [-0.39, 0.29) is 17.1 Å². The molecular weight excluding hydrogens is 251 g/mol. The standard InChI is InChI=1S/C12H13FN4O2/c1-6-10(11(14)17-16-6)12(18)15-7-3-4-8(13)9(5-7)19-2/h3-5H,1-2H3,(H,15,18)(H3,14,16,17). The van der Waals surface area contributed by atoms with Crippen LogP contribution < -0.4 is 15.8 Å². The van der Waals surface area contributed by atoms with Crippen LogP contribution in [-0.4, -0.2) is 23.2 Å². The van der Waals surface area contributed by atoms with Crippen LogP contribution in [0.4, 0.5) is 15.9 Å². The Hall–Kier alpha value is -2.57. The smallest absolute Gasteiger partial charge is 0.261 e. The zero-order valence-corrected chi connectivity index (χ0v) is 10.5. The second-order valence-corrected chi connectivity index (χ2v) is 3.91. The normalized spacial score (nSPS) is 10.3. The number of hydrogen-bond acceptors (Lipinski definition) is 4. The van der Waals surface area contributed by atoms with Crippen molar-refractivity contribution in [1.82, 2.24) is 10.2 Å². The lowest BCUT2D eigenvalue weighted by Gasteiger charge is -2.07. The van der Waals surface area contributed by atoms with Crippen molar-refractivity contribution in [3.05, 3.63) is 35.3 Å². The predicted molar refractivity (Wildman–Crippen MR) is 68.6 cm³/mol. The molecule has 1 aromatic carbocycles. The monoisotopic (exact) mass is 264 g/mol. The van der Waals surface area contributed by atoms with Gasteiger partial charge in [-0.25, -0.2) is 4.39 Å². The number of nitrogens with zero attached hydrogens (tertiary/aromatic N) is 1. The van der Waals surface area contributed by atoms with E-state index in [0.29, 0.717) is 11.4 Å². The van der Waals surface area contributed by atoms with E-state index in [0.717, 1.165) is 0 Å². The van der Waals surface area contributed by atoms with Crippen LogP contribution in [0.5, 0.6) is 5.75 Å². The number of ether oxygens (including phenoxy) is 1. The summed E-state index contributed by atoms with van der Waals surface area (Å²) in [5.41, 5.74) is 6.82. The molecule has 0 aliphatic rings. The van der Waals surface area contributed by atoms with Crippen LogP contribution in [-0.2, 0) is 0 Å². The van der Waals surface area contributed by atoms with Crippen LogP contribution in [0.2, 0.25) is 0 Å². The predicted octanol–water partition coefficient (Wildman–Crippen LogP) is 1.70. The molecule has 0 bridgehead atoms. The van der Waals surface area contributed by atoms with E-state index >= 15 is 0 Å². The number of nitrogens with two attached hydrogens (primary N) is 1. The van der Waals surface area contributed by atoms with E-state index in [9.17, 15) is 9.18 Å². The van der Waals surface area contributed by atoms with Gasteiger partial charge in [0.25, 0.3) is 5.91 Å². The number of rotatable bonds is 3. The molecule has 19 heavy (non-hydrogen) atoms. The number of amides is 1. The molecule has 0 aliphatic carbocycles. The number of aromatic amines is 1. The molecule has 0 fully saturated rings. The van der Waals surface area contributed by atoms with Crippen LogP contribution >= 0.6 is 0 Å². The molecule has 0 saturated carbocycles. The molecule has 1 amide bonds. The average molecular weight is 264 g/mol. The summed E-state index contributed by atoms with van der Waals surface area (Å²) in [6.45, 7) is 1.68. The summed E-state index contributed by atoms with van der Waals surface area (Å²) in [6, 6.07) is 4.03. The van der Waals surface area contributed by atoms with Crippen molar-refractivity contribution >= 4 is 17.4 Å². The van der Waals surface area contributed by atoms with E-state index in [4.69, 9.17) is 10.5 Å². The van der Waals surface area contributed by atoms with Gasteiger partial charge in [0.05, 0.1) is 7.11 Å². The number of carbonyl (C=O) groups is 1. The topological polar surface area (TPSA) is 93.0 Å². The highest BCUT2D eigenvalue weighted by atomic mass is 19.1. The molecule has 2 rings (SSSR count). The summed E-state index contributed by atoms with van der Waals surface area (Å²) < 4.78 is 18.1. The molecule has 6 nitrogen and oxygen atoms in total. The number of nitrogen functional groups attached to an aromatic ring is 1. The van der Waals surface area contributed by atoms with E-state index in [2.05, 4.69) is 15.5 Å². The van der Waals surface area contributed by atoms with E-state index < -0.39 is 11.7 Å². The molecule has 0 saturated heterocycles. The minimum Gasteiger partial charge on any atom is -0.494 e. The zero-order chi connectivity index (χ0) is 14.0. The fourth-order valence-corrected chi connectivity index (χ4v) is 1.67. The number of aromatic nitrogens is 2. The molecule has 4 N–H and O–H groups in total. The number of anilines is 2. The quantitative estimate of drug-likeness (QED) is 0.786. The van der Waals surface area contributed by atoms with Gasteiger partial charge in [-0.3, -0.25) is 9.89 Å². The summed E-state index contributed by atoms with van der Waals surface area (Å²) in [7, 11) is 1.35. The van der Waals surface area contributed by atoms with Gasteiger partial charge in [-0.15, -0.1) is 0 Å². The molecule has 0 radical (unpaired) electrons. The number of aryl methyl sites for hydroxylation is 1. The van der Waals surface area contributed by atoms with Gasteiger partial charge in [-0.1, -0.05) is 0 Å². The molecular formula is C12H13FN4O2. The number of H-pyrrole nitrogens is 1. The first-order valence-corrected chi connectivity index (χ1v) is 5.48. The highest BCUT2D eigenvalue weighted by Crippen LogP contribution is 2.22. The summed E-state index contributed by atoms with van der Waals surface area (Å²) in [4.78, 5) is 12.0. The molecule has 100 valence electrons. The largest absolute Gasteiger partial charge is 0.494 e. The Labute approximate surface area is 108 Å². The third kappa shape index (κ3) is 2.49. The van der Waals surface area contributed by atoms with Gasteiger partial charge in [-0.2, -0.15) is 5.10 Å². The number of nitrogens with one attached hydrogen (secondary N) is 2. The Balaban J connectivity index is 2.24. The Bertz CT molecular complexity index is 605. The number of halogens is 1. The van der Waals surface area contributed by atoms with Crippen molar-refractivity contribution in [1.29, 1.82) is 0 Å². The van der Waals surface area contributed by atoms with Crippen LogP contribution in [0.15, 0.2) is 18.2 Å². The lowest BCUT2D eigenvalue weighted by molar-refractivity contribution is 0.102. The van der Waals surface area contributed by atoms with Crippen molar-refractivity contribution in [2.24, 2.45) is 0 Å². The van der Waals surface area contributed by atoms with Crippen LogP contribution in [0.3, 0.4) is 0 Å². The Morgan fingerprint density at radius 3 is 2.84 bits per heavy atom. The van der Waals surface area contributed by atoms with Crippen molar-refractivity contribution in [3.8, 4) is 5.75 Å². The third-order valence-corrected chi connectivity index (χ3v) is 2.61. The highest BCUT2D eigenvalue weighted by molar-refractivity contribution is 6.08.